The Hall–Kier alpha value is 1.82. The molecular weight excluding hydrogens is 313 g/mol. The van der Waals surface area contributed by atoms with Gasteiger partial charge in [-0.15, -0.1) is 0 Å². The molecule has 0 aliphatic rings. The summed E-state index contributed by atoms with van der Waals surface area (Å²) in [6.45, 7) is 2.74. The summed E-state index contributed by atoms with van der Waals surface area (Å²) in [6.07, 6.45) is 0. The molecular formula is C4H16IN2OP2S+. The van der Waals surface area contributed by atoms with Crippen molar-refractivity contribution in [1.29, 1.82) is 0 Å². The summed E-state index contributed by atoms with van der Waals surface area (Å²) in [6, 6.07) is 0. The summed E-state index contributed by atoms with van der Waals surface area (Å²) in [7, 11) is 13.9. The van der Waals surface area contributed by atoms with Crippen molar-refractivity contribution in [3.05, 3.63) is 0 Å². The molecule has 0 saturated carbocycles. The first-order valence-corrected chi connectivity index (χ1v) is 9.21. The zero-order valence-electron chi connectivity index (χ0n) is 6.99. The first kappa shape index (κ1) is 12.8. The molecule has 0 bridgehead atoms. The van der Waals surface area contributed by atoms with Crippen LogP contribution in [0.3, 0.4) is 0 Å². The molecule has 0 radical (unpaired) electrons. The predicted molar refractivity (Wildman–Crippen MR) is 68.0 cm³/mol. The standard InChI is InChI=1S/C4H16IN2OP2S/c1-4-8-5(11)7(3,10)6(2)9/h11H,4,9-10H2,1-3H3/q+1. The Morgan fingerprint density at radius 1 is 1.73 bits per heavy atom. The zero-order valence-corrected chi connectivity index (χ0v) is 12.4. The Bertz CT molecular complexity index is 127. The van der Waals surface area contributed by atoms with Gasteiger partial charge in [-0.1, -0.05) is 0 Å². The van der Waals surface area contributed by atoms with Crippen LogP contribution in [0.5, 0.6) is 0 Å². The Morgan fingerprint density at radius 3 is 2.45 bits per heavy atom. The van der Waals surface area contributed by atoms with Crippen LogP contribution in [-0.2, 0) is 3.07 Å². The number of nitrogens with zero attached hydrogens (tertiary/aromatic N) is 2. The average Bonchev–Trinajstić information content (AvgIpc) is 1.88. The van der Waals surface area contributed by atoms with E-state index in [1.165, 1.54) is 0 Å². The molecule has 3 unspecified atom stereocenters. The van der Waals surface area contributed by atoms with E-state index in [9.17, 15) is 0 Å². The molecule has 0 aliphatic carbocycles. The van der Waals surface area contributed by atoms with Gasteiger partial charge >= 0.3 is 85.8 Å². The predicted octanol–water partition coefficient (Wildman–Crippen LogP) is 2.08. The van der Waals surface area contributed by atoms with Crippen molar-refractivity contribution < 1.29 is 5.64 Å². The van der Waals surface area contributed by atoms with E-state index in [1.807, 2.05) is 18.8 Å². The number of rotatable bonds is 4. The molecule has 0 aromatic carbocycles. The Labute approximate surface area is 85.4 Å². The Kier molecular flexibility index (Phi) is 6.44. The molecule has 0 aliphatic heterocycles. The first-order chi connectivity index (χ1) is 4.92. The van der Waals surface area contributed by atoms with Gasteiger partial charge < -0.3 is 0 Å². The molecule has 0 heterocycles. The maximum atomic E-state index is 5.49. The zero-order chi connectivity index (χ0) is 9.07. The summed E-state index contributed by atoms with van der Waals surface area (Å²) in [4.78, 5) is 0. The van der Waals surface area contributed by atoms with Crippen molar-refractivity contribution in [3.8, 4) is 0 Å². The number of quaternary nitrogens is 1. The van der Waals surface area contributed by atoms with Crippen molar-refractivity contribution in [2.75, 3.05) is 20.7 Å². The molecule has 70 valence electrons. The quantitative estimate of drug-likeness (QED) is 0.279. The van der Waals surface area contributed by atoms with E-state index in [-0.39, 0.29) is 0 Å². The third-order valence-electron chi connectivity index (χ3n) is 1.12. The minimum atomic E-state index is -1.64. The second-order valence-corrected chi connectivity index (χ2v) is 10.6. The average molecular weight is 329 g/mol. The van der Waals surface area contributed by atoms with Crippen LogP contribution >= 0.6 is 47.7 Å². The summed E-state index contributed by atoms with van der Waals surface area (Å²) in [5, 5.41) is 0. The molecule has 0 aromatic rings. The van der Waals surface area contributed by atoms with Crippen LogP contribution in [0.1, 0.15) is 6.92 Å². The molecule has 0 spiro atoms. The number of thiol groups is 1. The molecule has 0 saturated heterocycles. The molecule has 3 atom stereocenters. The molecule has 0 amide bonds. The fraction of sp³-hybridized carbons (Fsp3) is 1.00. The molecule has 11 heavy (non-hydrogen) atoms. The van der Waals surface area contributed by atoms with Crippen LogP contribution in [0.25, 0.3) is 0 Å². The van der Waals surface area contributed by atoms with Crippen LogP contribution in [0.15, 0.2) is 0 Å². The Balaban J connectivity index is 4.05. The van der Waals surface area contributed by atoms with Crippen molar-refractivity contribution in [2.45, 2.75) is 6.92 Å². The first-order valence-electron chi connectivity index (χ1n) is 3.10. The van der Waals surface area contributed by atoms with E-state index < -0.39 is 19.1 Å². The van der Waals surface area contributed by atoms with Crippen molar-refractivity contribution in [3.63, 3.8) is 0 Å². The van der Waals surface area contributed by atoms with Crippen LogP contribution < -0.4 is 0 Å². The van der Waals surface area contributed by atoms with Crippen LogP contribution in [0.4, 0.5) is 0 Å². The van der Waals surface area contributed by atoms with Gasteiger partial charge in [-0.3, -0.25) is 0 Å². The number of hydrogen-bond acceptors (Lipinski definition) is 3. The fourth-order valence-corrected chi connectivity index (χ4v) is 4.77. The van der Waals surface area contributed by atoms with Gasteiger partial charge in [-0.05, 0) is 0 Å². The Morgan fingerprint density at radius 2 is 2.18 bits per heavy atom. The van der Waals surface area contributed by atoms with Crippen molar-refractivity contribution >= 4 is 47.7 Å². The second-order valence-electron chi connectivity index (χ2n) is 2.10. The summed E-state index contributed by atoms with van der Waals surface area (Å²) in [5.74, 6) is 0. The molecule has 0 aromatic heterocycles. The van der Waals surface area contributed by atoms with Gasteiger partial charge in [0, 0.05) is 0 Å². The summed E-state index contributed by atoms with van der Waals surface area (Å²) < 4.78 is 8.14. The van der Waals surface area contributed by atoms with Crippen molar-refractivity contribution in [2.24, 2.45) is 0 Å². The minimum absolute atomic E-state index is 0.658. The van der Waals surface area contributed by atoms with E-state index in [0.717, 1.165) is 6.61 Å². The topological polar surface area (TPSA) is 12.5 Å². The molecule has 3 nitrogen and oxygen atoms in total. The second kappa shape index (κ2) is 5.53. The van der Waals surface area contributed by atoms with Gasteiger partial charge in [0.15, 0.2) is 0 Å². The SMILES string of the molecule is CCOI(S)[N+](C)(P)N(C)P. The molecule has 0 N–H and O–H groups in total. The summed E-state index contributed by atoms with van der Waals surface area (Å²) >= 11 is -1.64. The number of hydrogen-bond donors (Lipinski definition) is 1. The van der Waals surface area contributed by atoms with E-state index >= 15 is 0 Å². The summed E-state index contributed by atoms with van der Waals surface area (Å²) in [5.41, 5.74) is 0. The van der Waals surface area contributed by atoms with Crippen LogP contribution in [0.2, 0.25) is 0 Å². The van der Waals surface area contributed by atoms with E-state index in [0.29, 0.717) is 2.58 Å². The van der Waals surface area contributed by atoms with E-state index in [2.05, 4.69) is 35.6 Å². The van der Waals surface area contributed by atoms with Crippen LogP contribution in [0, 0.1) is 0 Å². The maximum absolute atomic E-state index is 5.49. The number of halogens is 1. The third-order valence-corrected chi connectivity index (χ3v) is 11.2. The fourth-order valence-electron chi connectivity index (χ4n) is 0.298. The van der Waals surface area contributed by atoms with Gasteiger partial charge in [-0.2, -0.15) is 0 Å². The van der Waals surface area contributed by atoms with E-state index in [1.54, 1.807) is 0 Å². The van der Waals surface area contributed by atoms with Gasteiger partial charge in [0.05, 0.1) is 0 Å². The van der Waals surface area contributed by atoms with E-state index in [4.69, 9.17) is 3.07 Å². The molecule has 0 rings (SSSR count). The molecule has 7 heteroatoms. The van der Waals surface area contributed by atoms with Gasteiger partial charge in [0.2, 0.25) is 0 Å². The van der Waals surface area contributed by atoms with Gasteiger partial charge in [0.25, 0.3) is 0 Å². The third kappa shape index (κ3) is 4.03. The normalized spacial score (nSPS) is 18.3. The van der Waals surface area contributed by atoms with Gasteiger partial charge in [0.1, 0.15) is 0 Å². The van der Waals surface area contributed by atoms with Crippen LogP contribution in [-0.4, -0.2) is 28.1 Å². The molecule has 0 fully saturated rings. The monoisotopic (exact) mass is 329 g/mol. The van der Waals surface area contributed by atoms with Gasteiger partial charge in [-0.25, -0.2) is 0 Å². The van der Waals surface area contributed by atoms with Crippen molar-refractivity contribution in [1.82, 2.24) is 4.78 Å².